The second-order valence-corrected chi connectivity index (χ2v) is 3.80. The van der Waals surface area contributed by atoms with Crippen LogP contribution in [0.2, 0.25) is 5.02 Å². The number of fused-ring (bicyclic) bond motifs is 1. The van der Waals surface area contributed by atoms with Crippen LogP contribution in [0.4, 0.5) is 5.69 Å². The highest BCUT2D eigenvalue weighted by Gasteiger charge is 2.04. The lowest BCUT2D eigenvalue weighted by Gasteiger charge is -2.08. The summed E-state index contributed by atoms with van der Waals surface area (Å²) in [6, 6.07) is 11.1. The van der Waals surface area contributed by atoms with Crippen molar-refractivity contribution in [2.45, 2.75) is 0 Å². The first-order chi connectivity index (χ1) is 7.68. The van der Waals surface area contributed by atoms with E-state index in [1.165, 1.54) is 0 Å². The molecule has 2 aromatic rings. The Labute approximate surface area is 97.7 Å². The van der Waals surface area contributed by atoms with Crippen molar-refractivity contribution in [1.82, 2.24) is 0 Å². The number of carboxylic acid groups (broad SMARTS) is 1. The van der Waals surface area contributed by atoms with Gasteiger partial charge in [0, 0.05) is 21.5 Å². The van der Waals surface area contributed by atoms with Gasteiger partial charge in [-0.1, -0.05) is 35.9 Å². The van der Waals surface area contributed by atoms with Crippen LogP contribution < -0.4 is 5.32 Å². The molecule has 2 rings (SSSR count). The molecule has 16 heavy (non-hydrogen) atoms. The van der Waals surface area contributed by atoms with Crippen molar-refractivity contribution in [3.63, 3.8) is 0 Å². The number of halogens is 1. The number of rotatable bonds is 3. The SMILES string of the molecule is O=C(O)CNc1ccc(Cl)c2ccccc12. The highest BCUT2D eigenvalue weighted by molar-refractivity contribution is 6.36. The lowest BCUT2D eigenvalue weighted by atomic mass is 10.1. The van der Waals surface area contributed by atoms with Gasteiger partial charge in [0.05, 0.1) is 0 Å². The maximum absolute atomic E-state index is 10.5. The monoisotopic (exact) mass is 235 g/mol. The average molecular weight is 236 g/mol. The van der Waals surface area contributed by atoms with Crippen LogP contribution in [-0.2, 0) is 4.79 Å². The van der Waals surface area contributed by atoms with E-state index in [1.807, 2.05) is 24.3 Å². The van der Waals surface area contributed by atoms with E-state index in [2.05, 4.69) is 5.32 Å². The van der Waals surface area contributed by atoms with Gasteiger partial charge in [0.2, 0.25) is 0 Å². The van der Waals surface area contributed by atoms with Gasteiger partial charge in [-0.3, -0.25) is 4.79 Å². The largest absolute Gasteiger partial charge is 0.480 e. The van der Waals surface area contributed by atoms with Gasteiger partial charge in [-0.05, 0) is 12.1 Å². The van der Waals surface area contributed by atoms with Gasteiger partial charge >= 0.3 is 5.97 Å². The Hall–Kier alpha value is -1.74. The van der Waals surface area contributed by atoms with Crippen LogP contribution in [-0.4, -0.2) is 17.6 Å². The zero-order chi connectivity index (χ0) is 11.5. The van der Waals surface area contributed by atoms with Gasteiger partial charge in [0.15, 0.2) is 0 Å². The summed E-state index contributed by atoms with van der Waals surface area (Å²) >= 11 is 6.05. The van der Waals surface area contributed by atoms with Gasteiger partial charge in [-0.2, -0.15) is 0 Å². The summed E-state index contributed by atoms with van der Waals surface area (Å²) in [5.74, 6) is -0.890. The third kappa shape index (κ3) is 2.09. The predicted octanol–water partition coefficient (Wildman–Crippen LogP) is 2.99. The summed E-state index contributed by atoms with van der Waals surface area (Å²) < 4.78 is 0. The van der Waals surface area contributed by atoms with Gasteiger partial charge in [-0.15, -0.1) is 0 Å². The van der Waals surface area contributed by atoms with Crippen LogP contribution in [0.25, 0.3) is 10.8 Å². The first-order valence-electron chi connectivity index (χ1n) is 4.81. The highest BCUT2D eigenvalue weighted by atomic mass is 35.5. The fraction of sp³-hybridized carbons (Fsp3) is 0.0833. The first kappa shape index (κ1) is 10.8. The zero-order valence-electron chi connectivity index (χ0n) is 8.40. The van der Waals surface area contributed by atoms with E-state index < -0.39 is 5.97 Å². The standard InChI is InChI=1S/C12H10ClNO2/c13-10-5-6-11(14-7-12(15)16)9-4-2-1-3-8(9)10/h1-6,14H,7H2,(H,15,16). The van der Waals surface area contributed by atoms with Crippen molar-refractivity contribution in [1.29, 1.82) is 0 Å². The van der Waals surface area contributed by atoms with Gasteiger partial charge in [0.1, 0.15) is 6.54 Å². The molecule has 0 aromatic heterocycles. The molecule has 2 aromatic carbocycles. The Balaban J connectivity index is 2.46. The molecule has 0 atom stereocenters. The normalized spacial score (nSPS) is 10.3. The molecule has 2 N–H and O–H groups in total. The van der Waals surface area contributed by atoms with E-state index in [-0.39, 0.29) is 6.54 Å². The smallest absolute Gasteiger partial charge is 0.322 e. The van der Waals surface area contributed by atoms with E-state index in [0.717, 1.165) is 16.5 Å². The van der Waals surface area contributed by atoms with Crippen molar-refractivity contribution in [2.75, 3.05) is 11.9 Å². The number of hydrogen-bond acceptors (Lipinski definition) is 2. The summed E-state index contributed by atoms with van der Waals surface area (Å²) in [4.78, 5) is 10.5. The third-order valence-electron chi connectivity index (χ3n) is 2.30. The molecule has 0 heterocycles. The van der Waals surface area contributed by atoms with Gasteiger partial charge < -0.3 is 10.4 Å². The molecule has 0 aliphatic heterocycles. The molecule has 4 heteroatoms. The molecule has 0 saturated carbocycles. The fourth-order valence-electron chi connectivity index (χ4n) is 1.59. The quantitative estimate of drug-likeness (QED) is 0.860. The van der Waals surface area contributed by atoms with Crippen molar-refractivity contribution in [2.24, 2.45) is 0 Å². The molecule has 0 amide bonds. The number of carboxylic acids is 1. The van der Waals surface area contributed by atoms with E-state index >= 15 is 0 Å². The third-order valence-corrected chi connectivity index (χ3v) is 2.63. The number of benzene rings is 2. The molecule has 82 valence electrons. The number of hydrogen-bond donors (Lipinski definition) is 2. The van der Waals surface area contributed by atoms with Crippen LogP contribution >= 0.6 is 11.6 Å². The molecule has 0 radical (unpaired) electrons. The topological polar surface area (TPSA) is 49.3 Å². The summed E-state index contributed by atoms with van der Waals surface area (Å²) in [5, 5.41) is 14.0. The molecular weight excluding hydrogens is 226 g/mol. The van der Waals surface area contributed by atoms with E-state index in [1.54, 1.807) is 12.1 Å². The summed E-state index contributed by atoms with van der Waals surface area (Å²) in [6.45, 7) is -0.106. The minimum absolute atomic E-state index is 0.106. The number of aliphatic carboxylic acids is 1. The van der Waals surface area contributed by atoms with Crippen LogP contribution in [0.3, 0.4) is 0 Å². The molecule has 0 aliphatic carbocycles. The highest BCUT2D eigenvalue weighted by Crippen LogP contribution is 2.29. The zero-order valence-corrected chi connectivity index (χ0v) is 9.16. The Morgan fingerprint density at radius 2 is 1.88 bits per heavy atom. The lowest BCUT2D eigenvalue weighted by Crippen LogP contribution is -2.12. The Kier molecular flexibility index (Phi) is 2.97. The summed E-state index contributed by atoms with van der Waals surface area (Å²) in [7, 11) is 0. The van der Waals surface area contributed by atoms with E-state index in [4.69, 9.17) is 16.7 Å². The van der Waals surface area contributed by atoms with Crippen molar-refractivity contribution < 1.29 is 9.90 Å². The maximum atomic E-state index is 10.5. The van der Waals surface area contributed by atoms with Crippen LogP contribution in [0, 0.1) is 0 Å². The maximum Gasteiger partial charge on any atom is 0.322 e. The van der Waals surface area contributed by atoms with Crippen LogP contribution in [0.15, 0.2) is 36.4 Å². The van der Waals surface area contributed by atoms with Crippen molar-refractivity contribution >= 4 is 34.0 Å². The van der Waals surface area contributed by atoms with Crippen molar-refractivity contribution in [3.8, 4) is 0 Å². The minimum atomic E-state index is -0.890. The van der Waals surface area contributed by atoms with E-state index in [9.17, 15) is 4.79 Å². The number of nitrogens with one attached hydrogen (secondary N) is 1. The minimum Gasteiger partial charge on any atom is -0.480 e. The molecule has 0 spiro atoms. The molecule has 3 nitrogen and oxygen atoms in total. The average Bonchev–Trinajstić information content (AvgIpc) is 2.28. The molecule has 0 bridgehead atoms. The summed E-state index contributed by atoms with van der Waals surface area (Å²) in [6.07, 6.45) is 0. The lowest BCUT2D eigenvalue weighted by molar-refractivity contribution is -0.134. The first-order valence-corrected chi connectivity index (χ1v) is 5.19. The number of carbonyl (C=O) groups is 1. The molecule has 0 saturated heterocycles. The van der Waals surface area contributed by atoms with E-state index in [0.29, 0.717) is 5.02 Å². The summed E-state index contributed by atoms with van der Waals surface area (Å²) in [5.41, 5.74) is 0.780. The Morgan fingerprint density at radius 1 is 1.19 bits per heavy atom. The molecule has 0 fully saturated rings. The Bertz CT molecular complexity index is 540. The predicted molar refractivity (Wildman–Crippen MR) is 65.1 cm³/mol. The molecule has 0 aliphatic rings. The number of anilines is 1. The fourth-order valence-corrected chi connectivity index (χ4v) is 1.82. The van der Waals surface area contributed by atoms with Crippen molar-refractivity contribution in [3.05, 3.63) is 41.4 Å². The molecular formula is C12H10ClNO2. The second kappa shape index (κ2) is 4.41. The molecule has 0 unspecified atom stereocenters. The Morgan fingerprint density at radius 3 is 2.56 bits per heavy atom. The van der Waals surface area contributed by atoms with Crippen LogP contribution in [0.5, 0.6) is 0 Å². The van der Waals surface area contributed by atoms with Gasteiger partial charge in [0.25, 0.3) is 0 Å². The second-order valence-electron chi connectivity index (χ2n) is 3.39. The van der Waals surface area contributed by atoms with Gasteiger partial charge in [-0.25, -0.2) is 0 Å². The van der Waals surface area contributed by atoms with Crippen LogP contribution in [0.1, 0.15) is 0 Å².